The van der Waals surface area contributed by atoms with Crippen molar-refractivity contribution in [1.82, 2.24) is 10.2 Å². The molecule has 2 aliphatic heterocycles. The van der Waals surface area contributed by atoms with E-state index in [0.717, 1.165) is 12.6 Å². The van der Waals surface area contributed by atoms with Crippen molar-refractivity contribution in [2.75, 3.05) is 31.1 Å². The maximum Gasteiger partial charge on any atom is 0.0472 e. The van der Waals surface area contributed by atoms with Crippen LogP contribution in [0.3, 0.4) is 0 Å². The van der Waals surface area contributed by atoms with E-state index in [1.165, 1.54) is 49.4 Å². The second kappa shape index (κ2) is 6.78. The van der Waals surface area contributed by atoms with Gasteiger partial charge in [-0.05, 0) is 43.7 Å². The van der Waals surface area contributed by atoms with Gasteiger partial charge in [-0.2, -0.15) is 11.8 Å². The normalized spacial score (nSPS) is 25.8. The second-order valence-corrected chi connectivity index (χ2v) is 6.79. The molecule has 1 N–H and O–H groups in total. The van der Waals surface area contributed by atoms with Crippen LogP contribution in [0.5, 0.6) is 0 Å². The lowest BCUT2D eigenvalue weighted by Gasteiger charge is -2.29. The molecule has 2 unspecified atom stereocenters. The van der Waals surface area contributed by atoms with Crippen LogP contribution >= 0.6 is 11.8 Å². The summed E-state index contributed by atoms with van der Waals surface area (Å²) < 4.78 is 0. The van der Waals surface area contributed by atoms with Crippen LogP contribution < -0.4 is 5.32 Å². The Kier molecular flexibility index (Phi) is 4.81. The van der Waals surface area contributed by atoms with E-state index in [-0.39, 0.29) is 0 Å². The minimum Gasteiger partial charge on any atom is -0.311 e. The molecule has 1 aromatic rings. The molecule has 3 heteroatoms. The van der Waals surface area contributed by atoms with Crippen LogP contribution in [0.25, 0.3) is 0 Å². The van der Waals surface area contributed by atoms with Gasteiger partial charge < -0.3 is 5.32 Å². The Morgan fingerprint density at radius 1 is 1.21 bits per heavy atom. The van der Waals surface area contributed by atoms with Crippen molar-refractivity contribution in [2.24, 2.45) is 0 Å². The number of likely N-dealkylation sites (tertiary alicyclic amines) is 1. The molecule has 2 atom stereocenters. The predicted molar refractivity (Wildman–Crippen MR) is 83.7 cm³/mol. The van der Waals surface area contributed by atoms with Crippen LogP contribution in [0, 0.1) is 0 Å². The standard InChI is InChI=1S/C16H24N2S/c1-2-6-14(7-3-1)16(18-9-4-5-10-18)12-17-15-8-11-19-13-15/h1-3,6-7,15-17H,4-5,8-13H2. The van der Waals surface area contributed by atoms with Crippen LogP contribution in [0.15, 0.2) is 30.3 Å². The van der Waals surface area contributed by atoms with Gasteiger partial charge in [-0.15, -0.1) is 0 Å². The van der Waals surface area contributed by atoms with E-state index < -0.39 is 0 Å². The van der Waals surface area contributed by atoms with Gasteiger partial charge in [-0.3, -0.25) is 4.90 Å². The molecule has 0 aromatic heterocycles. The molecular weight excluding hydrogens is 252 g/mol. The fourth-order valence-corrected chi connectivity index (χ4v) is 4.35. The van der Waals surface area contributed by atoms with Crippen LogP contribution in [-0.4, -0.2) is 42.1 Å². The molecule has 3 rings (SSSR count). The largest absolute Gasteiger partial charge is 0.311 e. The highest BCUT2D eigenvalue weighted by atomic mass is 32.2. The number of hydrogen-bond acceptors (Lipinski definition) is 3. The minimum absolute atomic E-state index is 0.564. The molecule has 0 saturated carbocycles. The summed E-state index contributed by atoms with van der Waals surface area (Å²) in [5, 5.41) is 3.79. The second-order valence-electron chi connectivity index (χ2n) is 5.64. The minimum atomic E-state index is 0.564. The number of nitrogens with zero attached hydrogens (tertiary/aromatic N) is 1. The lowest BCUT2D eigenvalue weighted by Crippen LogP contribution is -2.38. The fraction of sp³-hybridized carbons (Fsp3) is 0.625. The smallest absolute Gasteiger partial charge is 0.0472 e. The van der Waals surface area contributed by atoms with Crippen LogP contribution in [0.2, 0.25) is 0 Å². The van der Waals surface area contributed by atoms with Gasteiger partial charge in [0.05, 0.1) is 0 Å². The third-order valence-electron chi connectivity index (χ3n) is 4.30. The fourth-order valence-electron chi connectivity index (χ4n) is 3.16. The topological polar surface area (TPSA) is 15.3 Å². The Morgan fingerprint density at radius 2 is 2.00 bits per heavy atom. The van der Waals surface area contributed by atoms with E-state index in [1.807, 2.05) is 0 Å². The summed E-state index contributed by atoms with van der Waals surface area (Å²) in [7, 11) is 0. The molecule has 2 aliphatic rings. The molecule has 0 radical (unpaired) electrons. The van der Waals surface area contributed by atoms with Gasteiger partial charge in [0.15, 0.2) is 0 Å². The van der Waals surface area contributed by atoms with Gasteiger partial charge in [0, 0.05) is 24.4 Å². The summed E-state index contributed by atoms with van der Waals surface area (Å²) in [6.45, 7) is 3.64. The first-order valence-electron chi connectivity index (χ1n) is 7.53. The number of thioether (sulfide) groups is 1. The number of rotatable bonds is 5. The van der Waals surface area contributed by atoms with Gasteiger partial charge in [-0.1, -0.05) is 30.3 Å². The highest BCUT2D eigenvalue weighted by molar-refractivity contribution is 7.99. The molecule has 104 valence electrons. The molecule has 2 heterocycles. The van der Waals surface area contributed by atoms with Crippen molar-refractivity contribution in [1.29, 1.82) is 0 Å². The Hall–Kier alpha value is -0.510. The lowest BCUT2D eigenvalue weighted by molar-refractivity contribution is 0.234. The average molecular weight is 276 g/mol. The number of benzene rings is 1. The summed E-state index contributed by atoms with van der Waals surface area (Å²) in [5.74, 6) is 2.62. The Bertz CT molecular complexity index is 370. The molecular formula is C16H24N2S. The molecule has 0 bridgehead atoms. The van der Waals surface area contributed by atoms with Crippen LogP contribution in [0.4, 0.5) is 0 Å². The van der Waals surface area contributed by atoms with Crippen LogP contribution in [-0.2, 0) is 0 Å². The van der Waals surface area contributed by atoms with Crippen LogP contribution in [0.1, 0.15) is 30.9 Å². The first-order valence-corrected chi connectivity index (χ1v) is 8.69. The summed E-state index contributed by atoms with van der Waals surface area (Å²) in [5.41, 5.74) is 1.47. The quantitative estimate of drug-likeness (QED) is 0.890. The molecule has 0 amide bonds. The van der Waals surface area contributed by atoms with E-state index >= 15 is 0 Å². The van der Waals surface area contributed by atoms with Crippen molar-refractivity contribution in [3.63, 3.8) is 0 Å². The molecule has 1 aromatic carbocycles. The first kappa shape index (κ1) is 13.5. The van der Waals surface area contributed by atoms with E-state index in [4.69, 9.17) is 0 Å². The zero-order valence-electron chi connectivity index (χ0n) is 11.6. The summed E-state index contributed by atoms with van der Waals surface area (Å²) in [4.78, 5) is 2.66. The zero-order chi connectivity index (χ0) is 12.9. The van der Waals surface area contributed by atoms with E-state index in [9.17, 15) is 0 Å². The lowest BCUT2D eigenvalue weighted by atomic mass is 10.1. The molecule has 2 fully saturated rings. The first-order chi connectivity index (χ1) is 9.43. The SMILES string of the molecule is c1ccc(C(CNC2CCSC2)N2CCCC2)cc1. The van der Waals surface area contributed by atoms with E-state index in [2.05, 4.69) is 52.3 Å². The van der Waals surface area contributed by atoms with Crippen molar-refractivity contribution in [2.45, 2.75) is 31.3 Å². The molecule has 0 spiro atoms. The maximum absolute atomic E-state index is 3.79. The highest BCUT2D eigenvalue weighted by Gasteiger charge is 2.24. The Morgan fingerprint density at radius 3 is 2.68 bits per heavy atom. The average Bonchev–Trinajstić information content (AvgIpc) is 3.13. The van der Waals surface area contributed by atoms with Gasteiger partial charge in [0.1, 0.15) is 0 Å². The van der Waals surface area contributed by atoms with E-state index in [1.54, 1.807) is 0 Å². The third-order valence-corrected chi connectivity index (χ3v) is 5.46. The van der Waals surface area contributed by atoms with Gasteiger partial charge in [0.2, 0.25) is 0 Å². The van der Waals surface area contributed by atoms with Gasteiger partial charge >= 0.3 is 0 Å². The number of nitrogens with one attached hydrogen (secondary N) is 1. The number of hydrogen-bond donors (Lipinski definition) is 1. The summed E-state index contributed by atoms with van der Waals surface area (Å²) >= 11 is 2.09. The van der Waals surface area contributed by atoms with Crippen molar-refractivity contribution in [3.05, 3.63) is 35.9 Å². The molecule has 19 heavy (non-hydrogen) atoms. The van der Waals surface area contributed by atoms with Gasteiger partial charge in [-0.25, -0.2) is 0 Å². The predicted octanol–water partition coefficient (Wildman–Crippen LogP) is 2.92. The zero-order valence-corrected chi connectivity index (χ0v) is 12.4. The maximum atomic E-state index is 3.79. The third kappa shape index (κ3) is 3.53. The van der Waals surface area contributed by atoms with Gasteiger partial charge in [0.25, 0.3) is 0 Å². The van der Waals surface area contributed by atoms with Crippen molar-refractivity contribution >= 4 is 11.8 Å². The highest BCUT2D eigenvalue weighted by Crippen LogP contribution is 2.25. The monoisotopic (exact) mass is 276 g/mol. The Balaban J connectivity index is 1.65. The Labute approximate surface area is 121 Å². The molecule has 2 saturated heterocycles. The van der Waals surface area contributed by atoms with E-state index in [0.29, 0.717) is 6.04 Å². The summed E-state index contributed by atoms with van der Waals surface area (Å²) in [6, 6.07) is 12.3. The molecule has 0 aliphatic carbocycles. The summed E-state index contributed by atoms with van der Waals surface area (Å²) in [6.07, 6.45) is 4.07. The molecule has 2 nitrogen and oxygen atoms in total. The van der Waals surface area contributed by atoms with Crippen molar-refractivity contribution in [3.8, 4) is 0 Å². The van der Waals surface area contributed by atoms with Crippen molar-refractivity contribution < 1.29 is 0 Å².